The highest BCUT2D eigenvalue weighted by Gasteiger charge is 2.34. The lowest BCUT2D eigenvalue weighted by molar-refractivity contribution is 0.0957. The number of nitrogens with zero attached hydrogens (tertiary/aromatic N) is 3. The molecule has 1 aromatic carbocycles. The number of halogens is 3. The molecule has 2 aliphatic rings. The third-order valence-corrected chi connectivity index (χ3v) is 7.20. The van der Waals surface area contributed by atoms with Crippen LogP contribution in [-0.4, -0.2) is 60.0 Å². The van der Waals surface area contributed by atoms with Gasteiger partial charge in [0.2, 0.25) is 5.95 Å². The van der Waals surface area contributed by atoms with E-state index in [0.717, 1.165) is 25.5 Å². The second-order valence-electron chi connectivity index (χ2n) is 9.13. The van der Waals surface area contributed by atoms with Crippen LogP contribution in [0.25, 0.3) is 10.8 Å². The predicted octanol–water partition coefficient (Wildman–Crippen LogP) is 3.16. The zero-order valence-electron chi connectivity index (χ0n) is 19.3. The quantitative estimate of drug-likeness (QED) is 0.555. The van der Waals surface area contributed by atoms with Crippen molar-refractivity contribution in [3.8, 4) is 0 Å². The van der Waals surface area contributed by atoms with Crippen LogP contribution in [0.15, 0.2) is 35.1 Å². The molecule has 2 fully saturated rings. The van der Waals surface area contributed by atoms with E-state index < -0.39 is 29.0 Å². The first-order valence-electron chi connectivity index (χ1n) is 11.7. The number of benzene rings is 1. The molecule has 184 valence electrons. The highest BCUT2D eigenvalue weighted by molar-refractivity contribution is 5.92. The van der Waals surface area contributed by atoms with Gasteiger partial charge in [0.25, 0.3) is 11.5 Å². The van der Waals surface area contributed by atoms with Crippen molar-refractivity contribution in [2.45, 2.75) is 31.2 Å². The summed E-state index contributed by atoms with van der Waals surface area (Å²) in [4.78, 5) is 34.7. The van der Waals surface area contributed by atoms with Crippen LogP contribution in [0.4, 0.5) is 18.9 Å². The molecule has 35 heavy (non-hydrogen) atoms. The Labute approximate surface area is 200 Å². The van der Waals surface area contributed by atoms with Gasteiger partial charge in [0.05, 0.1) is 16.8 Å². The number of likely N-dealkylation sites (tertiary alicyclic amines) is 1. The molecule has 0 bridgehead atoms. The minimum atomic E-state index is -0.732. The fourth-order valence-electron chi connectivity index (χ4n) is 5.35. The van der Waals surface area contributed by atoms with Gasteiger partial charge in [0, 0.05) is 44.0 Å². The summed E-state index contributed by atoms with van der Waals surface area (Å²) >= 11 is 0. The van der Waals surface area contributed by atoms with Crippen molar-refractivity contribution in [2.75, 3.05) is 38.1 Å². The van der Waals surface area contributed by atoms with Crippen LogP contribution in [0, 0.1) is 17.6 Å². The van der Waals surface area contributed by atoms with Crippen molar-refractivity contribution in [2.24, 2.45) is 0 Å². The van der Waals surface area contributed by atoms with E-state index in [1.54, 1.807) is 6.07 Å². The van der Waals surface area contributed by atoms with Crippen molar-refractivity contribution < 1.29 is 18.0 Å². The zero-order chi connectivity index (χ0) is 24.7. The first-order chi connectivity index (χ1) is 16.9. The molecule has 7 nitrogen and oxygen atoms in total. The molecule has 4 heterocycles. The van der Waals surface area contributed by atoms with Crippen LogP contribution >= 0.6 is 0 Å². The number of nitrogens with one attached hydrogen (secondary N) is 2. The molecule has 2 aliphatic heterocycles. The lowest BCUT2D eigenvalue weighted by atomic mass is 10.00. The number of hydrogen-bond donors (Lipinski definition) is 2. The number of fused-ring (bicyclic) bond motifs is 1. The zero-order valence-corrected chi connectivity index (χ0v) is 19.3. The van der Waals surface area contributed by atoms with E-state index in [1.165, 1.54) is 25.2 Å². The maximum absolute atomic E-state index is 15.2. The number of aromatic nitrogens is 2. The number of aromatic amines is 1. The van der Waals surface area contributed by atoms with Crippen molar-refractivity contribution in [3.05, 3.63) is 69.7 Å². The average Bonchev–Trinajstić information content (AvgIpc) is 3.36. The van der Waals surface area contributed by atoms with Crippen LogP contribution < -0.4 is 15.8 Å². The number of carbonyl (C=O) groups excluding carboxylic acids is 1. The molecule has 0 radical (unpaired) electrons. The third-order valence-electron chi connectivity index (χ3n) is 7.20. The van der Waals surface area contributed by atoms with Crippen LogP contribution in [0.1, 0.15) is 41.4 Å². The molecular weight excluding hydrogens is 459 g/mol. The van der Waals surface area contributed by atoms with E-state index in [2.05, 4.69) is 20.2 Å². The summed E-state index contributed by atoms with van der Waals surface area (Å²) in [6.45, 7) is 2.61. The van der Waals surface area contributed by atoms with Crippen LogP contribution in [-0.2, 0) is 0 Å². The summed E-state index contributed by atoms with van der Waals surface area (Å²) in [6.07, 6.45) is 2.28. The van der Waals surface area contributed by atoms with E-state index >= 15 is 4.39 Å². The number of H-pyrrole nitrogens is 1. The third kappa shape index (κ3) is 4.27. The lowest BCUT2D eigenvalue weighted by Crippen LogP contribution is -2.44. The largest absolute Gasteiger partial charge is 0.368 e. The van der Waals surface area contributed by atoms with E-state index in [1.807, 2.05) is 4.90 Å². The van der Waals surface area contributed by atoms with Crippen molar-refractivity contribution in [1.29, 1.82) is 0 Å². The number of amides is 1. The fraction of sp³-hybridized carbons (Fsp3) is 0.400. The van der Waals surface area contributed by atoms with Gasteiger partial charge in [0.1, 0.15) is 11.5 Å². The van der Waals surface area contributed by atoms with Gasteiger partial charge in [-0.05, 0) is 44.0 Å². The van der Waals surface area contributed by atoms with Gasteiger partial charge in [-0.25, -0.2) is 13.8 Å². The number of rotatable bonds is 4. The van der Waals surface area contributed by atoms with E-state index in [0.29, 0.717) is 31.7 Å². The van der Waals surface area contributed by atoms with Crippen LogP contribution in [0.5, 0.6) is 0 Å². The number of hydrogen-bond acceptors (Lipinski definition) is 5. The average molecular weight is 486 g/mol. The number of pyridine rings is 2. The van der Waals surface area contributed by atoms with E-state index in [9.17, 15) is 18.4 Å². The van der Waals surface area contributed by atoms with Gasteiger partial charge < -0.3 is 15.2 Å². The Hall–Kier alpha value is -3.40. The SMILES string of the molecule is CNC(=O)c1ccc(N2CCC(N3CCC(c4[nH]c(=O)c5c(F)cccc5c4F)C3)CC2)c(F)n1. The molecule has 2 saturated heterocycles. The van der Waals surface area contributed by atoms with Crippen molar-refractivity contribution in [1.82, 2.24) is 20.2 Å². The van der Waals surface area contributed by atoms with Gasteiger partial charge in [0.15, 0.2) is 5.82 Å². The highest BCUT2D eigenvalue weighted by Crippen LogP contribution is 2.33. The maximum atomic E-state index is 15.2. The van der Waals surface area contributed by atoms with Crippen LogP contribution in [0.3, 0.4) is 0 Å². The Morgan fingerprint density at radius 2 is 1.86 bits per heavy atom. The maximum Gasteiger partial charge on any atom is 0.269 e. The Kier molecular flexibility index (Phi) is 6.22. The first-order valence-corrected chi connectivity index (χ1v) is 11.7. The molecular formula is C25H26F3N5O2. The molecule has 2 N–H and O–H groups in total. The topological polar surface area (TPSA) is 81.3 Å². The predicted molar refractivity (Wildman–Crippen MR) is 126 cm³/mol. The molecule has 0 saturated carbocycles. The fourth-order valence-corrected chi connectivity index (χ4v) is 5.35. The summed E-state index contributed by atoms with van der Waals surface area (Å²) in [5.41, 5.74) is 0.0311. The first kappa shape index (κ1) is 23.3. The normalized spacial score (nSPS) is 19.4. The molecule has 0 aliphatic carbocycles. The molecule has 0 spiro atoms. The molecule has 3 aromatic rings. The monoisotopic (exact) mass is 485 g/mol. The van der Waals surface area contributed by atoms with Gasteiger partial charge >= 0.3 is 0 Å². The highest BCUT2D eigenvalue weighted by atomic mass is 19.1. The summed E-state index contributed by atoms with van der Waals surface area (Å²) in [5.74, 6) is -2.59. The van der Waals surface area contributed by atoms with Crippen LogP contribution in [0.2, 0.25) is 0 Å². The van der Waals surface area contributed by atoms with Crippen molar-refractivity contribution in [3.63, 3.8) is 0 Å². The number of piperidine rings is 1. The second kappa shape index (κ2) is 9.33. The minimum absolute atomic E-state index is 0.00795. The second-order valence-corrected chi connectivity index (χ2v) is 9.13. The van der Waals surface area contributed by atoms with E-state index in [-0.39, 0.29) is 34.1 Å². The Bertz CT molecular complexity index is 1340. The molecule has 1 unspecified atom stereocenters. The van der Waals surface area contributed by atoms with Gasteiger partial charge in [-0.3, -0.25) is 14.5 Å². The summed E-state index contributed by atoms with van der Waals surface area (Å²) in [5, 5.41) is 2.19. The smallest absolute Gasteiger partial charge is 0.269 e. The minimum Gasteiger partial charge on any atom is -0.368 e. The van der Waals surface area contributed by atoms with Crippen molar-refractivity contribution >= 4 is 22.4 Å². The Balaban J connectivity index is 1.26. The van der Waals surface area contributed by atoms with Gasteiger partial charge in [-0.15, -0.1) is 0 Å². The summed E-state index contributed by atoms with van der Waals surface area (Å²) < 4.78 is 43.8. The number of carbonyl (C=O) groups is 1. The summed E-state index contributed by atoms with van der Waals surface area (Å²) in [6, 6.07) is 7.34. The molecule has 1 atom stereocenters. The van der Waals surface area contributed by atoms with Gasteiger partial charge in [-0.2, -0.15) is 4.39 Å². The molecule has 5 rings (SSSR count). The van der Waals surface area contributed by atoms with E-state index in [4.69, 9.17) is 0 Å². The number of anilines is 1. The van der Waals surface area contributed by atoms with Gasteiger partial charge in [-0.1, -0.05) is 12.1 Å². The molecule has 2 aromatic heterocycles. The molecule has 1 amide bonds. The Morgan fingerprint density at radius 3 is 2.57 bits per heavy atom. The standard InChI is InChI=1S/C25H26F3N5O2/c1-29-24(34)18-5-6-19(23(28)30-18)32-11-8-15(9-12-32)33-10-7-14(13-33)22-21(27)16-3-2-4-17(26)20(16)25(35)31-22/h2-6,14-15H,7-13H2,1H3,(H,29,34)(H,31,35). The lowest BCUT2D eigenvalue weighted by Gasteiger charge is -2.37. The Morgan fingerprint density at radius 1 is 1.09 bits per heavy atom. The molecule has 10 heteroatoms. The summed E-state index contributed by atoms with van der Waals surface area (Å²) in [7, 11) is 1.47.